The molecule has 0 bridgehead atoms. The number of aliphatic hydroxyl groups is 1. The average Bonchev–Trinajstić information content (AvgIpc) is 2.80. The molecule has 3 nitrogen and oxygen atoms in total. The van der Waals surface area contributed by atoms with Crippen LogP contribution in [-0.4, -0.2) is 49.3 Å². The van der Waals surface area contributed by atoms with E-state index in [2.05, 4.69) is 17.1 Å². The Morgan fingerprint density at radius 3 is 2.53 bits per heavy atom. The van der Waals surface area contributed by atoms with Gasteiger partial charge < -0.3 is 15.3 Å². The number of likely N-dealkylation sites (tertiary alicyclic amines) is 1. The quantitative estimate of drug-likeness (QED) is 0.574. The minimum Gasteiger partial charge on any atom is -0.396 e. The molecule has 1 fully saturated rings. The summed E-state index contributed by atoms with van der Waals surface area (Å²) in [6.45, 7) is 8.86. The SMILES string of the molecule is CC(CNCCCCCCO)CN1CCCC1. The maximum absolute atomic E-state index is 8.66. The smallest absolute Gasteiger partial charge is 0.0431 e. The Labute approximate surface area is 107 Å². The Balaban J connectivity index is 1.84. The summed E-state index contributed by atoms with van der Waals surface area (Å²) < 4.78 is 0. The molecule has 0 aromatic heterocycles. The number of nitrogens with zero attached hydrogens (tertiary/aromatic N) is 1. The molecule has 1 rings (SSSR count). The molecule has 17 heavy (non-hydrogen) atoms. The summed E-state index contributed by atoms with van der Waals surface area (Å²) in [6, 6.07) is 0. The highest BCUT2D eigenvalue weighted by Crippen LogP contribution is 2.09. The van der Waals surface area contributed by atoms with Crippen LogP contribution in [0.25, 0.3) is 0 Å². The highest BCUT2D eigenvalue weighted by molar-refractivity contribution is 4.69. The molecule has 0 aliphatic carbocycles. The fourth-order valence-electron chi connectivity index (χ4n) is 2.53. The van der Waals surface area contributed by atoms with Gasteiger partial charge in [-0.2, -0.15) is 0 Å². The lowest BCUT2D eigenvalue weighted by molar-refractivity contribution is 0.279. The summed E-state index contributed by atoms with van der Waals surface area (Å²) in [6.07, 6.45) is 7.41. The highest BCUT2D eigenvalue weighted by Gasteiger charge is 2.13. The number of aliphatic hydroxyl groups excluding tert-OH is 1. The molecule has 1 atom stereocenters. The van der Waals surface area contributed by atoms with Gasteiger partial charge in [-0.1, -0.05) is 19.8 Å². The van der Waals surface area contributed by atoms with E-state index in [0.717, 1.165) is 25.4 Å². The van der Waals surface area contributed by atoms with E-state index in [0.29, 0.717) is 6.61 Å². The first-order valence-electron chi connectivity index (χ1n) is 7.37. The molecular weight excluding hydrogens is 212 g/mol. The van der Waals surface area contributed by atoms with Crippen molar-refractivity contribution in [2.45, 2.75) is 45.4 Å². The first-order chi connectivity index (χ1) is 8.33. The summed E-state index contributed by atoms with van der Waals surface area (Å²) in [5.74, 6) is 0.769. The Morgan fingerprint density at radius 1 is 1.12 bits per heavy atom. The topological polar surface area (TPSA) is 35.5 Å². The number of hydrogen-bond donors (Lipinski definition) is 2. The maximum atomic E-state index is 8.66. The molecule has 1 aliphatic rings. The number of nitrogens with one attached hydrogen (secondary N) is 1. The van der Waals surface area contributed by atoms with Crippen molar-refractivity contribution in [3.63, 3.8) is 0 Å². The van der Waals surface area contributed by atoms with Crippen molar-refractivity contribution in [3.8, 4) is 0 Å². The van der Waals surface area contributed by atoms with Crippen LogP contribution in [0.1, 0.15) is 45.4 Å². The van der Waals surface area contributed by atoms with Crippen LogP contribution in [0.3, 0.4) is 0 Å². The summed E-state index contributed by atoms with van der Waals surface area (Å²) in [5.41, 5.74) is 0. The Kier molecular flexibility index (Phi) is 8.67. The van der Waals surface area contributed by atoms with Gasteiger partial charge in [0.1, 0.15) is 0 Å². The van der Waals surface area contributed by atoms with Crippen LogP contribution in [0.2, 0.25) is 0 Å². The van der Waals surface area contributed by atoms with Gasteiger partial charge in [-0.05, 0) is 57.8 Å². The maximum Gasteiger partial charge on any atom is 0.0431 e. The van der Waals surface area contributed by atoms with E-state index in [9.17, 15) is 0 Å². The third kappa shape index (κ3) is 7.74. The third-order valence-corrected chi connectivity index (χ3v) is 3.52. The summed E-state index contributed by atoms with van der Waals surface area (Å²) >= 11 is 0. The summed E-state index contributed by atoms with van der Waals surface area (Å²) in [4.78, 5) is 2.59. The second kappa shape index (κ2) is 9.86. The van der Waals surface area contributed by atoms with Gasteiger partial charge in [0.2, 0.25) is 0 Å². The fourth-order valence-corrected chi connectivity index (χ4v) is 2.53. The van der Waals surface area contributed by atoms with Crippen molar-refractivity contribution in [2.24, 2.45) is 5.92 Å². The standard InChI is InChI=1S/C14H30N2O/c1-14(13-16-9-5-6-10-16)12-15-8-4-2-3-7-11-17/h14-15,17H,2-13H2,1H3. The molecule has 1 unspecified atom stereocenters. The zero-order chi connectivity index (χ0) is 12.3. The van der Waals surface area contributed by atoms with Crippen molar-refractivity contribution in [1.82, 2.24) is 10.2 Å². The van der Waals surface area contributed by atoms with Gasteiger partial charge in [0, 0.05) is 13.2 Å². The lowest BCUT2D eigenvalue weighted by atomic mass is 10.1. The molecule has 0 aromatic carbocycles. The lowest BCUT2D eigenvalue weighted by Crippen LogP contribution is -2.32. The minimum atomic E-state index is 0.348. The van der Waals surface area contributed by atoms with Gasteiger partial charge in [0.15, 0.2) is 0 Å². The molecule has 0 saturated carbocycles. The van der Waals surface area contributed by atoms with Crippen LogP contribution in [0.5, 0.6) is 0 Å². The van der Waals surface area contributed by atoms with Crippen LogP contribution in [0.4, 0.5) is 0 Å². The number of unbranched alkanes of at least 4 members (excludes halogenated alkanes) is 3. The van der Waals surface area contributed by atoms with Crippen molar-refractivity contribution < 1.29 is 5.11 Å². The van der Waals surface area contributed by atoms with E-state index < -0.39 is 0 Å². The Morgan fingerprint density at radius 2 is 1.82 bits per heavy atom. The van der Waals surface area contributed by atoms with Gasteiger partial charge in [-0.3, -0.25) is 0 Å². The molecule has 1 saturated heterocycles. The molecule has 2 N–H and O–H groups in total. The number of rotatable bonds is 10. The van der Waals surface area contributed by atoms with Gasteiger partial charge >= 0.3 is 0 Å². The van der Waals surface area contributed by atoms with Gasteiger partial charge in [-0.15, -0.1) is 0 Å². The molecule has 0 aromatic rings. The van der Waals surface area contributed by atoms with Crippen LogP contribution in [0.15, 0.2) is 0 Å². The molecule has 1 heterocycles. The van der Waals surface area contributed by atoms with Crippen molar-refractivity contribution in [3.05, 3.63) is 0 Å². The zero-order valence-corrected chi connectivity index (χ0v) is 11.5. The zero-order valence-electron chi connectivity index (χ0n) is 11.5. The monoisotopic (exact) mass is 242 g/mol. The highest BCUT2D eigenvalue weighted by atomic mass is 16.2. The predicted molar refractivity (Wildman–Crippen MR) is 73.3 cm³/mol. The average molecular weight is 242 g/mol. The van der Waals surface area contributed by atoms with Crippen molar-refractivity contribution in [2.75, 3.05) is 39.3 Å². The minimum absolute atomic E-state index is 0.348. The molecule has 0 radical (unpaired) electrons. The van der Waals surface area contributed by atoms with E-state index >= 15 is 0 Å². The van der Waals surface area contributed by atoms with E-state index in [1.54, 1.807) is 0 Å². The molecular formula is C14H30N2O. The second-order valence-electron chi connectivity index (χ2n) is 5.45. The first-order valence-corrected chi connectivity index (χ1v) is 7.37. The van der Waals surface area contributed by atoms with Crippen LogP contribution >= 0.6 is 0 Å². The molecule has 0 amide bonds. The van der Waals surface area contributed by atoms with Gasteiger partial charge in [-0.25, -0.2) is 0 Å². The fraction of sp³-hybridized carbons (Fsp3) is 1.00. The van der Waals surface area contributed by atoms with E-state index in [1.165, 1.54) is 51.7 Å². The predicted octanol–water partition coefficient (Wildman–Crippen LogP) is 1.86. The van der Waals surface area contributed by atoms with Crippen molar-refractivity contribution >= 4 is 0 Å². The van der Waals surface area contributed by atoms with E-state index in [1.807, 2.05) is 0 Å². The lowest BCUT2D eigenvalue weighted by Gasteiger charge is -2.20. The van der Waals surface area contributed by atoms with Gasteiger partial charge in [0.05, 0.1) is 0 Å². The molecule has 1 aliphatic heterocycles. The van der Waals surface area contributed by atoms with Crippen LogP contribution in [-0.2, 0) is 0 Å². The van der Waals surface area contributed by atoms with E-state index in [-0.39, 0.29) is 0 Å². The number of hydrogen-bond acceptors (Lipinski definition) is 3. The van der Waals surface area contributed by atoms with E-state index in [4.69, 9.17) is 5.11 Å². The van der Waals surface area contributed by atoms with Crippen LogP contribution < -0.4 is 5.32 Å². The normalized spacial score (nSPS) is 18.7. The Hall–Kier alpha value is -0.120. The molecule has 3 heteroatoms. The molecule has 102 valence electrons. The molecule has 0 spiro atoms. The van der Waals surface area contributed by atoms with Crippen molar-refractivity contribution in [1.29, 1.82) is 0 Å². The van der Waals surface area contributed by atoms with Gasteiger partial charge in [0.25, 0.3) is 0 Å². The second-order valence-corrected chi connectivity index (χ2v) is 5.45. The summed E-state index contributed by atoms with van der Waals surface area (Å²) in [5, 5.41) is 12.2. The third-order valence-electron chi connectivity index (χ3n) is 3.52. The van der Waals surface area contributed by atoms with Crippen LogP contribution in [0, 0.1) is 5.92 Å². The first kappa shape index (κ1) is 14.9. The Bertz CT molecular complexity index is 170. The summed E-state index contributed by atoms with van der Waals surface area (Å²) in [7, 11) is 0. The largest absolute Gasteiger partial charge is 0.396 e.